The number of carbonyl (C=O) groups is 5. The summed E-state index contributed by atoms with van der Waals surface area (Å²) in [5, 5.41) is 34.5. The van der Waals surface area contributed by atoms with Gasteiger partial charge < -0.3 is 37.0 Å². The highest BCUT2D eigenvalue weighted by molar-refractivity contribution is 7.80. The molecule has 3 amide bonds. The van der Waals surface area contributed by atoms with Crippen LogP contribution < -0.4 is 21.7 Å². The molecule has 0 bridgehead atoms. The van der Waals surface area contributed by atoms with E-state index in [1.807, 2.05) is 0 Å². The molecule has 0 aliphatic heterocycles. The van der Waals surface area contributed by atoms with Gasteiger partial charge in [0.1, 0.15) is 17.8 Å². The van der Waals surface area contributed by atoms with Gasteiger partial charge in [-0.1, -0.05) is 12.1 Å². The second-order valence-electron chi connectivity index (χ2n) is 6.83. The molecule has 0 saturated heterocycles. The van der Waals surface area contributed by atoms with Crippen LogP contribution in [-0.4, -0.2) is 75.4 Å². The first-order chi connectivity index (χ1) is 15.0. The number of aliphatic carboxylic acids is 2. The van der Waals surface area contributed by atoms with Gasteiger partial charge in [0.2, 0.25) is 17.7 Å². The Hall–Kier alpha value is -3.32. The summed E-state index contributed by atoms with van der Waals surface area (Å²) >= 11 is 3.86. The Morgan fingerprint density at radius 1 is 0.969 bits per heavy atom. The Labute approximate surface area is 189 Å². The highest BCUT2D eigenvalue weighted by Gasteiger charge is 2.27. The van der Waals surface area contributed by atoms with Crippen LogP contribution in [0.3, 0.4) is 0 Å². The van der Waals surface area contributed by atoms with Crippen molar-refractivity contribution in [3.05, 3.63) is 29.8 Å². The van der Waals surface area contributed by atoms with E-state index in [0.29, 0.717) is 5.56 Å². The zero-order valence-electron chi connectivity index (χ0n) is 17.0. The van der Waals surface area contributed by atoms with Crippen LogP contribution in [0, 0.1) is 0 Å². The van der Waals surface area contributed by atoms with Crippen molar-refractivity contribution < 1.29 is 39.3 Å². The number of phenolic OH excluding ortho intramolecular Hbond substituents is 1. The minimum Gasteiger partial charge on any atom is -0.508 e. The molecule has 1 aromatic carbocycles. The first kappa shape index (κ1) is 26.7. The minimum absolute atomic E-state index is 0.0106. The molecule has 0 radical (unpaired) electrons. The summed E-state index contributed by atoms with van der Waals surface area (Å²) in [5.41, 5.74) is 5.99. The SMILES string of the molecule is NC(CS)C(=O)NCC(=O)NC(CCC(=O)O)C(=O)NC(Cc1ccc(O)cc1)C(=O)O. The zero-order valence-corrected chi connectivity index (χ0v) is 17.9. The molecule has 1 aromatic rings. The van der Waals surface area contributed by atoms with E-state index in [2.05, 4.69) is 28.6 Å². The van der Waals surface area contributed by atoms with Crippen LogP contribution in [-0.2, 0) is 30.4 Å². The molecule has 3 atom stereocenters. The van der Waals surface area contributed by atoms with E-state index in [1.165, 1.54) is 24.3 Å². The fourth-order valence-corrected chi connectivity index (χ4v) is 2.67. The summed E-state index contributed by atoms with van der Waals surface area (Å²) in [6, 6.07) is 2.03. The second-order valence-corrected chi connectivity index (χ2v) is 7.19. The van der Waals surface area contributed by atoms with Crippen molar-refractivity contribution in [1.29, 1.82) is 0 Å². The quantitative estimate of drug-likeness (QED) is 0.153. The number of benzene rings is 1. The molecule has 0 aliphatic carbocycles. The highest BCUT2D eigenvalue weighted by atomic mass is 32.1. The number of nitrogens with one attached hydrogen (secondary N) is 3. The summed E-state index contributed by atoms with van der Waals surface area (Å²) in [6.45, 7) is -0.521. The van der Waals surface area contributed by atoms with Crippen LogP contribution in [0.15, 0.2) is 24.3 Å². The normalized spacial score (nSPS) is 13.3. The van der Waals surface area contributed by atoms with Gasteiger partial charge >= 0.3 is 11.9 Å². The Morgan fingerprint density at radius 3 is 2.12 bits per heavy atom. The maximum atomic E-state index is 12.6. The predicted octanol–water partition coefficient (Wildman–Crippen LogP) is -1.77. The molecule has 0 spiro atoms. The van der Waals surface area contributed by atoms with E-state index in [-0.39, 0.29) is 24.3 Å². The number of rotatable bonds is 13. The van der Waals surface area contributed by atoms with E-state index in [0.717, 1.165) is 0 Å². The number of carbonyl (C=O) groups excluding carboxylic acids is 3. The van der Waals surface area contributed by atoms with Crippen LogP contribution in [0.1, 0.15) is 18.4 Å². The topological polar surface area (TPSA) is 208 Å². The van der Waals surface area contributed by atoms with Crippen molar-refractivity contribution in [2.45, 2.75) is 37.4 Å². The van der Waals surface area contributed by atoms with Crippen LogP contribution in [0.4, 0.5) is 0 Å². The van der Waals surface area contributed by atoms with E-state index in [4.69, 9.17) is 10.8 Å². The van der Waals surface area contributed by atoms with Gasteiger partial charge in [0.25, 0.3) is 0 Å². The first-order valence-electron chi connectivity index (χ1n) is 9.49. The third-order valence-electron chi connectivity index (χ3n) is 4.25. The molecular formula is C19H26N4O8S. The van der Waals surface area contributed by atoms with Gasteiger partial charge in [0.15, 0.2) is 0 Å². The number of thiol groups is 1. The van der Waals surface area contributed by atoms with E-state index < -0.39 is 60.8 Å². The summed E-state index contributed by atoms with van der Waals surface area (Å²) in [4.78, 5) is 58.8. The van der Waals surface area contributed by atoms with Crippen molar-refractivity contribution in [2.75, 3.05) is 12.3 Å². The summed E-state index contributed by atoms with van der Waals surface area (Å²) in [6.07, 6.45) is -0.883. The average Bonchev–Trinajstić information content (AvgIpc) is 2.74. The summed E-state index contributed by atoms with van der Waals surface area (Å²) < 4.78 is 0. The van der Waals surface area contributed by atoms with Gasteiger partial charge in [-0.2, -0.15) is 12.6 Å². The highest BCUT2D eigenvalue weighted by Crippen LogP contribution is 2.12. The molecule has 12 nitrogen and oxygen atoms in total. The van der Waals surface area contributed by atoms with Crippen LogP contribution in [0.25, 0.3) is 0 Å². The smallest absolute Gasteiger partial charge is 0.326 e. The summed E-state index contributed by atoms with van der Waals surface area (Å²) in [5.74, 6) is -4.85. The Kier molecular flexibility index (Phi) is 11.0. The fourth-order valence-electron chi connectivity index (χ4n) is 2.50. The van der Waals surface area contributed by atoms with Gasteiger partial charge in [-0.15, -0.1) is 0 Å². The van der Waals surface area contributed by atoms with Crippen LogP contribution in [0.5, 0.6) is 5.75 Å². The van der Waals surface area contributed by atoms with Crippen molar-refractivity contribution >= 4 is 42.3 Å². The van der Waals surface area contributed by atoms with E-state index in [1.54, 1.807) is 0 Å². The molecule has 32 heavy (non-hydrogen) atoms. The van der Waals surface area contributed by atoms with Crippen molar-refractivity contribution in [1.82, 2.24) is 16.0 Å². The minimum atomic E-state index is -1.37. The predicted molar refractivity (Wildman–Crippen MR) is 115 cm³/mol. The monoisotopic (exact) mass is 470 g/mol. The lowest BCUT2D eigenvalue weighted by Crippen LogP contribution is -2.54. The number of nitrogens with two attached hydrogens (primary N) is 1. The fraction of sp³-hybridized carbons (Fsp3) is 0.421. The van der Waals surface area contributed by atoms with E-state index in [9.17, 15) is 34.2 Å². The first-order valence-corrected chi connectivity index (χ1v) is 10.1. The van der Waals surface area contributed by atoms with Gasteiger partial charge in [-0.05, 0) is 24.1 Å². The Bertz CT molecular complexity index is 833. The standard InChI is InChI=1S/C19H26N4O8S/c20-12(9-32)17(28)21-8-15(25)22-13(5-6-16(26)27)18(29)23-14(19(30)31)7-10-1-3-11(24)4-2-10/h1-4,12-14,24,32H,5-9,20H2,(H,21,28)(H,22,25)(H,23,29)(H,26,27)(H,30,31). The molecule has 0 fully saturated rings. The number of hydrogen-bond donors (Lipinski definition) is 8. The number of carboxylic acids is 2. The molecule has 0 heterocycles. The van der Waals surface area contributed by atoms with Gasteiger partial charge in [-0.3, -0.25) is 19.2 Å². The molecule has 0 aliphatic rings. The largest absolute Gasteiger partial charge is 0.508 e. The molecule has 1 rings (SSSR count). The lowest BCUT2D eigenvalue weighted by Gasteiger charge is -2.21. The average molecular weight is 471 g/mol. The van der Waals surface area contributed by atoms with E-state index >= 15 is 0 Å². The lowest BCUT2D eigenvalue weighted by atomic mass is 10.0. The molecule has 3 unspecified atom stereocenters. The van der Waals surface area contributed by atoms with Crippen molar-refractivity contribution in [3.8, 4) is 5.75 Å². The Balaban J connectivity index is 2.81. The lowest BCUT2D eigenvalue weighted by molar-refractivity contribution is -0.143. The van der Waals surface area contributed by atoms with Crippen LogP contribution in [0.2, 0.25) is 0 Å². The second kappa shape index (κ2) is 13.2. The number of phenols is 1. The van der Waals surface area contributed by atoms with Crippen molar-refractivity contribution in [2.24, 2.45) is 5.73 Å². The van der Waals surface area contributed by atoms with Crippen molar-refractivity contribution in [3.63, 3.8) is 0 Å². The molecule has 8 N–H and O–H groups in total. The molecular weight excluding hydrogens is 444 g/mol. The van der Waals surface area contributed by atoms with Gasteiger partial charge in [0, 0.05) is 18.6 Å². The number of amides is 3. The third kappa shape index (κ3) is 9.66. The van der Waals surface area contributed by atoms with Gasteiger partial charge in [0.05, 0.1) is 12.6 Å². The molecule has 0 aromatic heterocycles. The third-order valence-corrected chi connectivity index (χ3v) is 4.64. The zero-order chi connectivity index (χ0) is 24.3. The van der Waals surface area contributed by atoms with Gasteiger partial charge in [-0.25, -0.2) is 4.79 Å². The molecule has 13 heteroatoms. The number of aromatic hydroxyl groups is 1. The molecule has 176 valence electrons. The molecule has 0 saturated carbocycles. The maximum Gasteiger partial charge on any atom is 0.326 e. The Morgan fingerprint density at radius 2 is 1.59 bits per heavy atom. The maximum absolute atomic E-state index is 12.6. The summed E-state index contributed by atoms with van der Waals surface area (Å²) in [7, 11) is 0. The number of carboxylic acid groups (broad SMARTS) is 2. The number of hydrogen-bond acceptors (Lipinski definition) is 8. The van der Waals surface area contributed by atoms with Crippen LogP contribution >= 0.6 is 12.6 Å².